The van der Waals surface area contributed by atoms with Gasteiger partial charge in [-0.05, 0) is 31.4 Å². The normalized spacial score (nSPS) is 13.6. The Morgan fingerprint density at radius 1 is 1.18 bits per heavy atom. The zero-order valence-electron chi connectivity index (χ0n) is 19.2. The number of hydrogen-bond acceptors (Lipinski definition) is 8. The lowest BCUT2D eigenvalue weighted by atomic mass is 10.1. The zero-order valence-corrected chi connectivity index (χ0v) is 20.0. The molecule has 1 saturated heterocycles. The average Bonchev–Trinajstić information content (AvgIpc) is 3.30. The molecule has 1 aliphatic heterocycles. The highest BCUT2D eigenvalue weighted by Gasteiger charge is 2.22. The Labute approximate surface area is 200 Å². The van der Waals surface area contributed by atoms with E-state index in [1.165, 1.54) is 36.2 Å². The number of amides is 1. The van der Waals surface area contributed by atoms with Crippen molar-refractivity contribution in [3.8, 4) is 11.5 Å². The van der Waals surface area contributed by atoms with Gasteiger partial charge in [0.25, 0.3) is 5.56 Å². The van der Waals surface area contributed by atoms with Gasteiger partial charge in [-0.1, -0.05) is 17.4 Å². The molecule has 0 atom stereocenters. The minimum Gasteiger partial charge on any atom is -0.497 e. The fraction of sp³-hybridized carbons (Fsp3) is 0.391. The third-order valence-electron chi connectivity index (χ3n) is 5.68. The highest BCUT2D eigenvalue weighted by Crippen LogP contribution is 2.30. The number of nitrogens with one attached hydrogen (secondary N) is 1. The van der Waals surface area contributed by atoms with E-state index in [0.717, 1.165) is 36.9 Å². The van der Waals surface area contributed by atoms with Crippen molar-refractivity contribution < 1.29 is 14.3 Å². The second-order valence-corrected chi connectivity index (χ2v) is 8.86. The summed E-state index contributed by atoms with van der Waals surface area (Å²) in [6.45, 7) is 5.06. The lowest BCUT2D eigenvalue weighted by Crippen LogP contribution is -2.41. The van der Waals surface area contributed by atoms with Crippen LogP contribution in [0.1, 0.15) is 19.3 Å². The maximum absolute atomic E-state index is 13.2. The summed E-state index contributed by atoms with van der Waals surface area (Å²) in [6.07, 6.45) is 4.74. The van der Waals surface area contributed by atoms with E-state index in [0.29, 0.717) is 27.0 Å². The molecule has 0 bridgehead atoms. The number of hydrogen-bond donors (Lipinski definition) is 1. The van der Waals surface area contributed by atoms with Crippen LogP contribution in [-0.2, 0) is 17.9 Å². The Kier molecular flexibility index (Phi) is 7.01. The van der Waals surface area contributed by atoms with Crippen LogP contribution >= 0.6 is 11.3 Å². The maximum Gasteiger partial charge on any atom is 0.333 e. The molecule has 34 heavy (non-hydrogen) atoms. The largest absolute Gasteiger partial charge is 0.497 e. The first kappa shape index (κ1) is 23.6. The lowest BCUT2D eigenvalue weighted by Gasteiger charge is -2.25. The molecule has 0 radical (unpaired) electrons. The highest BCUT2D eigenvalue weighted by atomic mass is 32.1. The molecule has 1 aromatic carbocycles. The number of carbonyl (C=O) groups is 1. The molecule has 0 saturated carbocycles. The van der Waals surface area contributed by atoms with Gasteiger partial charge in [0.05, 0.1) is 19.9 Å². The van der Waals surface area contributed by atoms with Gasteiger partial charge in [-0.15, -0.1) is 6.58 Å². The van der Waals surface area contributed by atoms with Crippen LogP contribution < -0.4 is 30.9 Å². The first-order chi connectivity index (χ1) is 16.5. The number of ether oxygens (including phenoxy) is 2. The predicted molar refractivity (Wildman–Crippen MR) is 133 cm³/mol. The minimum atomic E-state index is -0.611. The summed E-state index contributed by atoms with van der Waals surface area (Å²) in [4.78, 5) is 46.0. The number of allylic oxidation sites excluding steroid dienone is 1. The molecule has 1 amide bonds. The number of piperidine rings is 1. The summed E-state index contributed by atoms with van der Waals surface area (Å²) in [5, 5.41) is 3.45. The van der Waals surface area contributed by atoms with Crippen LogP contribution in [0.5, 0.6) is 11.5 Å². The molecule has 0 aliphatic carbocycles. The van der Waals surface area contributed by atoms with Gasteiger partial charge >= 0.3 is 5.69 Å². The van der Waals surface area contributed by atoms with E-state index in [2.05, 4.69) is 21.8 Å². The van der Waals surface area contributed by atoms with Crippen LogP contribution in [0, 0.1) is 0 Å². The summed E-state index contributed by atoms with van der Waals surface area (Å²) in [5.74, 6) is 0.524. The topological polar surface area (TPSA) is 108 Å². The minimum absolute atomic E-state index is 0.0376. The molecule has 1 N–H and O–H groups in total. The van der Waals surface area contributed by atoms with Gasteiger partial charge in [0.1, 0.15) is 22.7 Å². The fourth-order valence-corrected chi connectivity index (χ4v) is 5.04. The number of methoxy groups -OCH3 is 2. The molecule has 1 fully saturated rings. The number of carbonyl (C=O) groups excluding carboxylic acids is 1. The molecule has 0 spiro atoms. The van der Waals surface area contributed by atoms with Crippen LogP contribution in [-0.4, -0.2) is 47.3 Å². The molecule has 11 heteroatoms. The first-order valence-corrected chi connectivity index (χ1v) is 11.8. The summed E-state index contributed by atoms with van der Waals surface area (Å²) < 4.78 is 13.2. The second-order valence-electron chi connectivity index (χ2n) is 7.88. The number of thiazole rings is 1. The first-order valence-electron chi connectivity index (χ1n) is 11.0. The Morgan fingerprint density at radius 2 is 1.94 bits per heavy atom. The van der Waals surface area contributed by atoms with Crippen molar-refractivity contribution in [1.82, 2.24) is 14.1 Å². The SMILES string of the molecule is C=CCn1c(=O)c2sc(N3CCCCC3)nc2n(CC(=O)Nc2cc(OC)ccc2OC)c1=O. The summed E-state index contributed by atoms with van der Waals surface area (Å²) in [6, 6.07) is 5.02. The molecule has 1 aliphatic rings. The van der Waals surface area contributed by atoms with Gasteiger partial charge < -0.3 is 19.7 Å². The zero-order chi connectivity index (χ0) is 24.2. The molecule has 180 valence electrons. The summed E-state index contributed by atoms with van der Waals surface area (Å²) in [7, 11) is 3.02. The van der Waals surface area contributed by atoms with E-state index in [1.807, 2.05) is 0 Å². The van der Waals surface area contributed by atoms with Crippen LogP contribution in [0.2, 0.25) is 0 Å². The van der Waals surface area contributed by atoms with Crippen LogP contribution in [0.25, 0.3) is 10.3 Å². The number of benzene rings is 1. The summed E-state index contributed by atoms with van der Waals surface area (Å²) >= 11 is 1.25. The van der Waals surface area contributed by atoms with E-state index >= 15 is 0 Å². The molecule has 4 rings (SSSR count). The van der Waals surface area contributed by atoms with Crippen LogP contribution in [0.3, 0.4) is 0 Å². The van der Waals surface area contributed by atoms with E-state index in [4.69, 9.17) is 9.47 Å². The van der Waals surface area contributed by atoms with E-state index in [-0.39, 0.29) is 18.7 Å². The monoisotopic (exact) mass is 485 g/mol. The second kappa shape index (κ2) is 10.1. The Balaban J connectivity index is 1.74. The number of nitrogens with zero attached hydrogens (tertiary/aromatic N) is 4. The van der Waals surface area contributed by atoms with Gasteiger partial charge in [-0.3, -0.25) is 18.7 Å². The van der Waals surface area contributed by atoms with Gasteiger partial charge in [0, 0.05) is 25.7 Å². The summed E-state index contributed by atoms with van der Waals surface area (Å²) in [5.41, 5.74) is -0.413. The van der Waals surface area contributed by atoms with Crippen LogP contribution in [0.4, 0.5) is 10.8 Å². The van der Waals surface area contributed by atoms with Gasteiger partial charge in [-0.25, -0.2) is 9.78 Å². The van der Waals surface area contributed by atoms with Crippen LogP contribution in [0.15, 0.2) is 40.4 Å². The van der Waals surface area contributed by atoms with E-state index in [1.54, 1.807) is 18.2 Å². The Bertz CT molecular complexity index is 1340. The molecule has 3 aromatic rings. The van der Waals surface area contributed by atoms with Gasteiger partial charge in [0.15, 0.2) is 10.8 Å². The molecule has 0 unspecified atom stereocenters. The van der Waals surface area contributed by atoms with E-state index < -0.39 is 17.2 Å². The van der Waals surface area contributed by atoms with Gasteiger partial charge in [-0.2, -0.15) is 0 Å². The van der Waals surface area contributed by atoms with Crippen molar-refractivity contribution >= 4 is 38.4 Å². The number of fused-ring (bicyclic) bond motifs is 1. The van der Waals surface area contributed by atoms with Crippen molar-refractivity contribution in [2.24, 2.45) is 0 Å². The third-order valence-corrected chi connectivity index (χ3v) is 6.77. The molecule has 3 heterocycles. The number of aromatic nitrogens is 3. The van der Waals surface area contributed by atoms with Crippen molar-refractivity contribution in [1.29, 1.82) is 0 Å². The fourth-order valence-electron chi connectivity index (χ4n) is 3.97. The van der Waals surface area contributed by atoms with Crippen molar-refractivity contribution in [2.75, 3.05) is 37.5 Å². The van der Waals surface area contributed by atoms with Crippen molar-refractivity contribution in [3.05, 3.63) is 51.7 Å². The average molecular weight is 486 g/mol. The quantitative estimate of drug-likeness (QED) is 0.488. The predicted octanol–water partition coefficient (Wildman–Crippen LogP) is 2.45. The molecule has 10 nitrogen and oxygen atoms in total. The third kappa shape index (κ3) is 4.56. The maximum atomic E-state index is 13.2. The highest BCUT2D eigenvalue weighted by molar-refractivity contribution is 7.22. The number of rotatable bonds is 8. The van der Waals surface area contributed by atoms with Crippen molar-refractivity contribution in [3.63, 3.8) is 0 Å². The van der Waals surface area contributed by atoms with E-state index in [9.17, 15) is 14.4 Å². The Morgan fingerprint density at radius 3 is 2.62 bits per heavy atom. The lowest BCUT2D eigenvalue weighted by molar-refractivity contribution is -0.116. The van der Waals surface area contributed by atoms with Crippen molar-refractivity contribution in [2.45, 2.75) is 32.4 Å². The van der Waals surface area contributed by atoms with Gasteiger partial charge in [0.2, 0.25) is 5.91 Å². The molecule has 2 aromatic heterocycles. The number of anilines is 2. The smallest absolute Gasteiger partial charge is 0.333 e. The Hall–Kier alpha value is -3.60. The molecular weight excluding hydrogens is 458 g/mol. The standard InChI is InChI=1S/C23H27N5O5S/c1-4-10-27-21(30)19-20(25-22(34-19)26-11-6-5-7-12-26)28(23(27)31)14-18(29)24-16-13-15(32-2)8-9-17(16)33-3/h4,8-9,13H,1,5-7,10-12,14H2,2-3H3,(H,24,29). The molecular formula is C23H27N5O5S.